The van der Waals surface area contributed by atoms with Crippen molar-refractivity contribution in [2.75, 3.05) is 18.1 Å². The molecule has 8 nitrogen and oxygen atoms in total. The van der Waals surface area contributed by atoms with Crippen LogP contribution in [0.5, 0.6) is 0 Å². The maximum Gasteiger partial charge on any atom is 0.310 e. The van der Waals surface area contributed by atoms with Gasteiger partial charge in [-0.05, 0) is 48.3 Å². The Morgan fingerprint density at radius 1 is 1.07 bits per heavy atom. The molecule has 152 valence electrons. The lowest BCUT2D eigenvalue weighted by Crippen LogP contribution is -2.44. The summed E-state index contributed by atoms with van der Waals surface area (Å²) in [4.78, 5) is 35.4. The summed E-state index contributed by atoms with van der Waals surface area (Å²) >= 11 is 0. The molecule has 1 aromatic rings. The predicted molar refractivity (Wildman–Crippen MR) is 101 cm³/mol. The molecular weight excluding hydrogens is 384 g/mol. The van der Waals surface area contributed by atoms with E-state index >= 15 is 0 Å². The van der Waals surface area contributed by atoms with E-state index in [2.05, 4.69) is 10.9 Å². The monoisotopic (exact) mass is 408 g/mol. The molecule has 0 radical (unpaired) electrons. The number of rotatable bonds is 6. The normalized spacial score (nSPS) is 19.6. The van der Waals surface area contributed by atoms with Crippen molar-refractivity contribution in [3.63, 3.8) is 0 Å². The van der Waals surface area contributed by atoms with Crippen molar-refractivity contribution in [2.45, 2.75) is 38.5 Å². The highest BCUT2D eigenvalue weighted by atomic mass is 32.2. The van der Waals surface area contributed by atoms with E-state index in [4.69, 9.17) is 4.74 Å². The van der Waals surface area contributed by atoms with Crippen molar-refractivity contribution in [1.82, 2.24) is 10.9 Å². The van der Waals surface area contributed by atoms with E-state index in [0.29, 0.717) is 6.42 Å². The first kappa shape index (κ1) is 20.3. The smallest absolute Gasteiger partial charge is 0.310 e. The number of carbonyl (C=O) groups excluding carboxylic acids is 3. The van der Waals surface area contributed by atoms with Crippen LogP contribution in [0.1, 0.15) is 36.0 Å². The zero-order valence-electron chi connectivity index (χ0n) is 15.5. The van der Waals surface area contributed by atoms with Crippen molar-refractivity contribution in [1.29, 1.82) is 0 Å². The number of benzene rings is 1. The fourth-order valence-electron chi connectivity index (χ4n) is 3.62. The van der Waals surface area contributed by atoms with Crippen molar-refractivity contribution < 1.29 is 27.5 Å². The number of hydrazine groups is 1. The topological polar surface area (TPSA) is 119 Å². The minimum absolute atomic E-state index is 0.00528. The first-order valence-electron chi connectivity index (χ1n) is 9.35. The summed E-state index contributed by atoms with van der Waals surface area (Å²) < 4.78 is 27.7. The number of aryl methyl sites for hydroxylation is 2. The number of hydrogen-bond acceptors (Lipinski definition) is 6. The lowest BCUT2D eigenvalue weighted by atomic mass is 10.0. The molecule has 2 amide bonds. The maximum atomic E-state index is 11.9. The largest absolute Gasteiger partial charge is 0.455 e. The summed E-state index contributed by atoms with van der Waals surface area (Å²) in [7, 11) is -3.04. The van der Waals surface area contributed by atoms with Crippen molar-refractivity contribution in [3.05, 3.63) is 34.9 Å². The highest BCUT2D eigenvalue weighted by Crippen LogP contribution is 2.23. The first-order valence-corrected chi connectivity index (χ1v) is 11.2. The Bertz CT molecular complexity index is 880. The van der Waals surface area contributed by atoms with Crippen LogP contribution < -0.4 is 10.9 Å². The summed E-state index contributed by atoms with van der Waals surface area (Å²) in [5.74, 6) is -1.79. The molecular formula is C19H24N2O6S. The number of carbonyl (C=O) groups is 3. The molecule has 1 aromatic carbocycles. The van der Waals surface area contributed by atoms with Crippen LogP contribution in [0.4, 0.5) is 0 Å². The molecule has 0 aromatic heterocycles. The molecule has 0 unspecified atom stereocenters. The van der Waals surface area contributed by atoms with Gasteiger partial charge in [-0.3, -0.25) is 25.2 Å². The molecule has 1 fully saturated rings. The van der Waals surface area contributed by atoms with Crippen molar-refractivity contribution in [2.24, 2.45) is 5.92 Å². The Kier molecular flexibility index (Phi) is 6.33. The van der Waals surface area contributed by atoms with Crippen molar-refractivity contribution >= 4 is 27.6 Å². The van der Waals surface area contributed by atoms with Crippen molar-refractivity contribution in [3.8, 4) is 0 Å². The SMILES string of the molecule is O=C(COC(=O)Cc1ccc2c(c1)CCC2)NNC(=O)C[C@@H]1CCS(=O)(=O)C1. The highest BCUT2D eigenvalue weighted by molar-refractivity contribution is 7.91. The molecule has 2 N–H and O–H groups in total. The maximum absolute atomic E-state index is 11.9. The molecule has 9 heteroatoms. The zero-order chi connectivity index (χ0) is 20.1. The van der Waals surface area contributed by atoms with Crippen LogP contribution in [0.2, 0.25) is 0 Å². The molecule has 0 bridgehead atoms. The molecule has 1 aliphatic heterocycles. The molecule has 2 aliphatic rings. The van der Waals surface area contributed by atoms with E-state index in [-0.39, 0.29) is 30.3 Å². The molecule has 3 rings (SSSR count). The number of esters is 1. The van der Waals surface area contributed by atoms with E-state index in [1.54, 1.807) is 0 Å². The Morgan fingerprint density at radius 2 is 1.82 bits per heavy atom. The van der Waals surface area contributed by atoms with E-state index in [9.17, 15) is 22.8 Å². The van der Waals surface area contributed by atoms with Crippen LogP contribution in [0.15, 0.2) is 18.2 Å². The molecule has 0 spiro atoms. The van der Waals surface area contributed by atoms with Crippen LogP contribution in [0.3, 0.4) is 0 Å². The molecule has 1 saturated heterocycles. The van der Waals surface area contributed by atoms with Gasteiger partial charge in [-0.15, -0.1) is 0 Å². The van der Waals surface area contributed by atoms with Gasteiger partial charge in [-0.25, -0.2) is 8.42 Å². The fourth-order valence-corrected chi connectivity index (χ4v) is 5.48. The third-order valence-electron chi connectivity index (χ3n) is 5.02. The van der Waals surface area contributed by atoms with E-state index < -0.39 is 34.2 Å². The number of ether oxygens (including phenoxy) is 1. The first-order chi connectivity index (χ1) is 13.3. The standard InChI is InChI=1S/C19H24N2O6S/c22-17(9-14-6-7-28(25,26)12-14)20-21-18(23)11-27-19(24)10-13-4-5-15-2-1-3-16(15)8-13/h4-5,8,14H,1-3,6-7,9-12H2,(H,20,22)(H,21,23)/t14-/m0/s1. The third-order valence-corrected chi connectivity index (χ3v) is 6.85. The van der Waals surface area contributed by atoms with Crippen LogP contribution in [0, 0.1) is 5.92 Å². The fraction of sp³-hybridized carbons (Fsp3) is 0.526. The Labute approximate surface area is 163 Å². The number of hydrogen-bond donors (Lipinski definition) is 2. The Balaban J connectivity index is 1.33. The van der Waals surface area contributed by atoms with Gasteiger partial charge < -0.3 is 4.74 Å². The highest BCUT2D eigenvalue weighted by Gasteiger charge is 2.29. The van der Waals surface area contributed by atoms with Gasteiger partial charge in [-0.1, -0.05) is 18.2 Å². The molecule has 0 saturated carbocycles. The number of fused-ring (bicyclic) bond motifs is 1. The number of nitrogens with one attached hydrogen (secondary N) is 2. The second-order valence-electron chi connectivity index (χ2n) is 7.36. The molecule has 1 aliphatic carbocycles. The summed E-state index contributed by atoms with van der Waals surface area (Å²) in [6.45, 7) is -0.498. The van der Waals surface area contributed by atoms with E-state index in [1.165, 1.54) is 11.1 Å². The second kappa shape index (κ2) is 8.72. The quantitative estimate of drug-likeness (QED) is 0.514. The molecule has 28 heavy (non-hydrogen) atoms. The Hall–Kier alpha value is -2.42. The van der Waals surface area contributed by atoms with E-state index in [1.807, 2.05) is 18.2 Å². The molecule has 1 heterocycles. The Morgan fingerprint density at radius 3 is 2.57 bits per heavy atom. The van der Waals surface area contributed by atoms with Crippen LogP contribution in [-0.2, 0) is 48.2 Å². The van der Waals surface area contributed by atoms with E-state index in [0.717, 1.165) is 24.8 Å². The summed E-state index contributed by atoms with van der Waals surface area (Å²) in [6.07, 6.45) is 3.78. The number of sulfone groups is 1. The van der Waals surface area contributed by atoms with Crippen LogP contribution >= 0.6 is 0 Å². The predicted octanol–water partition coefficient (Wildman–Crippen LogP) is 0.233. The van der Waals surface area contributed by atoms with Gasteiger partial charge in [0.15, 0.2) is 16.4 Å². The lowest BCUT2D eigenvalue weighted by Gasteiger charge is -2.10. The van der Waals surface area contributed by atoms with Gasteiger partial charge in [-0.2, -0.15) is 0 Å². The average molecular weight is 408 g/mol. The zero-order valence-corrected chi connectivity index (χ0v) is 16.3. The van der Waals surface area contributed by atoms with Crippen LogP contribution in [-0.4, -0.2) is 44.3 Å². The minimum atomic E-state index is -3.04. The summed E-state index contributed by atoms with van der Waals surface area (Å²) in [5.41, 5.74) is 7.82. The van der Waals surface area contributed by atoms with Gasteiger partial charge in [0.05, 0.1) is 17.9 Å². The van der Waals surface area contributed by atoms with Gasteiger partial charge in [0.25, 0.3) is 5.91 Å². The lowest BCUT2D eigenvalue weighted by molar-refractivity contribution is -0.148. The van der Waals surface area contributed by atoms with Crippen LogP contribution in [0.25, 0.3) is 0 Å². The van der Waals surface area contributed by atoms with Gasteiger partial charge in [0, 0.05) is 6.42 Å². The molecule has 1 atom stereocenters. The minimum Gasteiger partial charge on any atom is -0.455 e. The van der Waals surface area contributed by atoms with Gasteiger partial charge in [0.1, 0.15) is 0 Å². The van der Waals surface area contributed by atoms with Gasteiger partial charge >= 0.3 is 5.97 Å². The second-order valence-corrected chi connectivity index (χ2v) is 9.59. The number of amides is 2. The summed E-state index contributed by atoms with van der Waals surface area (Å²) in [5, 5.41) is 0. The summed E-state index contributed by atoms with van der Waals surface area (Å²) in [6, 6.07) is 5.94. The average Bonchev–Trinajstić information content (AvgIpc) is 3.23. The van der Waals surface area contributed by atoms with Gasteiger partial charge in [0.2, 0.25) is 5.91 Å². The third kappa shape index (κ3) is 5.79.